The number of allylic oxidation sites excluding steroid dienone is 1. The molecule has 0 saturated heterocycles. The summed E-state index contributed by atoms with van der Waals surface area (Å²) in [5, 5.41) is 0. The summed E-state index contributed by atoms with van der Waals surface area (Å²) in [6, 6.07) is 0. The lowest BCUT2D eigenvalue weighted by molar-refractivity contribution is -0.112. The molecular formula is C14H22F2O. The molecule has 0 unspecified atom stereocenters. The predicted molar refractivity (Wildman–Crippen MR) is 64.9 cm³/mol. The van der Waals surface area contributed by atoms with E-state index in [1.807, 2.05) is 0 Å². The second-order valence-electron chi connectivity index (χ2n) is 5.05. The van der Waals surface area contributed by atoms with Gasteiger partial charge in [-0.3, -0.25) is 0 Å². The summed E-state index contributed by atoms with van der Waals surface area (Å²) in [5.74, 6) is 1.06. The first-order valence-electron chi connectivity index (χ1n) is 6.69. The Morgan fingerprint density at radius 3 is 2.35 bits per heavy atom. The van der Waals surface area contributed by atoms with Gasteiger partial charge in [-0.1, -0.05) is 19.3 Å². The lowest BCUT2D eigenvalue weighted by Gasteiger charge is -2.25. The standard InChI is InChI=1S/C14H22F2O/c15-14(16)6-4-2-1-3-5-12-7-9-13(11-17)10-8-12/h6,11-13H,1-5,7-10H2. The second-order valence-corrected chi connectivity index (χ2v) is 5.05. The first kappa shape index (κ1) is 14.3. The minimum atomic E-state index is -1.56. The van der Waals surface area contributed by atoms with Crippen LogP contribution in [0.1, 0.15) is 57.8 Å². The van der Waals surface area contributed by atoms with Crippen molar-refractivity contribution in [3.05, 3.63) is 12.2 Å². The van der Waals surface area contributed by atoms with E-state index in [9.17, 15) is 13.6 Å². The molecule has 0 bridgehead atoms. The molecule has 0 amide bonds. The van der Waals surface area contributed by atoms with Crippen LogP contribution in [0.25, 0.3) is 0 Å². The smallest absolute Gasteiger partial charge is 0.266 e. The van der Waals surface area contributed by atoms with Crippen LogP contribution in [-0.2, 0) is 4.79 Å². The first-order chi connectivity index (χ1) is 8.22. The summed E-state index contributed by atoms with van der Waals surface area (Å²) in [6.07, 6.45) is 9.71. The Bertz CT molecular complexity index is 239. The fourth-order valence-electron chi connectivity index (χ4n) is 2.58. The first-order valence-corrected chi connectivity index (χ1v) is 6.69. The van der Waals surface area contributed by atoms with Crippen LogP contribution in [0.3, 0.4) is 0 Å². The maximum atomic E-state index is 11.7. The van der Waals surface area contributed by atoms with Crippen LogP contribution in [0.15, 0.2) is 12.2 Å². The van der Waals surface area contributed by atoms with Gasteiger partial charge in [-0.15, -0.1) is 0 Å². The molecule has 0 N–H and O–H groups in total. The van der Waals surface area contributed by atoms with Gasteiger partial charge in [-0.2, -0.15) is 8.78 Å². The molecule has 0 radical (unpaired) electrons. The van der Waals surface area contributed by atoms with Crippen LogP contribution in [-0.4, -0.2) is 6.29 Å². The van der Waals surface area contributed by atoms with Crippen molar-refractivity contribution in [1.82, 2.24) is 0 Å². The molecule has 1 rings (SSSR count). The highest BCUT2D eigenvalue weighted by atomic mass is 19.3. The Labute approximate surface area is 102 Å². The van der Waals surface area contributed by atoms with Crippen LogP contribution in [0, 0.1) is 11.8 Å². The normalized spacial score (nSPS) is 24.4. The average molecular weight is 244 g/mol. The quantitative estimate of drug-likeness (QED) is 0.467. The Morgan fingerprint density at radius 1 is 1.06 bits per heavy atom. The molecule has 1 nitrogen and oxygen atoms in total. The number of carbonyl (C=O) groups is 1. The van der Waals surface area contributed by atoms with Gasteiger partial charge in [-0.05, 0) is 50.5 Å². The fourth-order valence-corrected chi connectivity index (χ4v) is 2.58. The maximum absolute atomic E-state index is 11.7. The fraction of sp³-hybridized carbons (Fsp3) is 0.786. The number of hydrogen-bond acceptors (Lipinski definition) is 1. The molecule has 1 aliphatic rings. The van der Waals surface area contributed by atoms with Crippen molar-refractivity contribution in [2.24, 2.45) is 11.8 Å². The summed E-state index contributed by atoms with van der Waals surface area (Å²) in [6.45, 7) is 0. The second kappa shape index (κ2) is 8.37. The van der Waals surface area contributed by atoms with Crippen molar-refractivity contribution in [1.29, 1.82) is 0 Å². The molecule has 1 fully saturated rings. The van der Waals surface area contributed by atoms with E-state index < -0.39 is 6.08 Å². The van der Waals surface area contributed by atoms with Gasteiger partial charge in [0.1, 0.15) is 6.29 Å². The van der Waals surface area contributed by atoms with Gasteiger partial charge < -0.3 is 4.79 Å². The molecule has 98 valence electrons. The van der Waals surface area contributed by atoms with Crippen molar-refractivity contribution >= 4 is 6.29 Å². The van der Waals surface area contributed by atoms with Crippen molar-refractivity contribution in [2.75, 3.05) is 0 Å². The van der Waals surface area contributed by atoms with E-state index in [1.54, 1.807) is 0 Å². The lowest BCUT2D eigenvalue weighted by atomic mass is 9.80. The monoisotopic (exact) mass is 244 g/mol. The molecule has 3 heteroatoms. The molecule has 1 aliphatic carbocycles. The molecule has 0 aromatic heterocycles. The molecule has 0 aromatic rings. The molecule has 0 heterocycles. The Balaban J connectivity index is 1.97. The third-order valence-electron chi connectivity index (χ3n) is 3.70. The van der Waals surface area contributed by atoms with Crippen LogP contribution in [0.2, 0.25) is 0 Å². The van der Waals surface area contributed by atoms with E-state index in [0.29, 0.717) is 12.3 Å². The molecular weight excluding hydrogens is 222 g/mol. The van der Waals surface area contributed by atoms with Crippen molar-refractivity contribution < 1.29 is 13.6 Å². The number of rotatable bonds is 7. The number of unbranched alkanes of at least 4 members (excludes halogenated alkanes) is 3. The Kier molecular flexibility index (Phi) is 7.06. The number of carbonyl (C=O) groups excluding carboxylic acids is 1. The minimum Gasteiger partial charge on any atom is -0.303 e. The minimum absolute atomic E-state index is 0.295. The third-order valence-corrected chi connectivity index (χ3v) is 3.70. The van der Waals surface area contributed by atoms with Crippen LogP contribution in [0.4, 0.5) is 8.78 Å². The topological polar surface area (TPSA) is 17.1 Å². The van der Waals surface area contributed by atoms with E-state index in [-0.39, 0.29) is 0 Å². The van der Waals surface area contributed by atoms with Crippen LogP contribution < -0.4 is 0 Å². The zero-order valence-corrected chi connectivity index (χ0v) is 10.3. The summed E-state index contributed by atoms with van der Waals surface area (Å²) < 4.78 is 23.5. The summed E-state index contributed by atoms with van der Waals surface area (Å²) in [4.78, 5) is 10.6. The van der Waals surface area contributed by atoms with Crippen LogP contribution in [0.5, 0.6) is 0 Å². The zero-order valence-electron chi connectivity index (χ0n) is 10.3. The summed E-state index contributed by atoms with van der Waals surface area (Å²) in [5.41, 5.74) is 0. The molecule has 17 heavy (non-hydrogen) atoms. The van der Waals surface area contributed by atoms with Gasteiger partial charge in [0.25, 0.3) is 6.08 Å². The van der Waals surface area contributed by atoms with Crippen molar-refractivity contribution in [3.8, 4) is 0 Å². The Hall–Kier alpha value is -0.730. The van der Waals surface area contributed by atoms with E-state index in [0.717, 1.165) is 50.4 Å². The highest BCUT2D eigenvalue weighted by Crippen LogP contribution is 2.31. The van der Waals surface area contributed by atoms with Gasteiger partial charge in [0, 0.05) is 5.92 Å². The summed E-state index contributed by atoms with van der Waals surface area (Å²) >= 11 is 0. The largest absolute Gasteiger partial charge is 0.303 e. The van der Waals surface area contributed by atoms with E-state index >= 15 is 0 Å². The highest BCUT2D eigenvalue weighted by Gasteiger charge is 2.19. The van der Waals surface area contributed by atoms with Gasteiger partial charge >= 0.3 is 0 Å². The van der Waals surface area contributed by atoms with E-state index in [2.05, 4.69) is 0 Å². The maximum Gasteiger partial charge on any atom is 0.266 e. The molecule has 0 spiro atoms. The highest BCUT2D eigenvalue weighted by molar-refractivity contribution is 5.53. The molecule has 1 saturated carbocycles. The van der Waals surface area contributed by atoms with Crippen molar-refractivity contribution in [3.63, 3.8) is 0 Å². The van der Waals surface area contributed by atoms with E-state index in [4.69, 9.17) is 0 Å². The molecule has 0 atom stereocenters. The molecule has 0 aromatic carbocycles. The Morgan fingerprint density at radius 2 is 1.76 bits per heavy atom. The van der Waals surface area contributed by atoms with Gasteiger partial charge in [0.15, 0.2) is 0 Å². The lowest BCUT2D eigenvalue weighted by Crippen LogP contribution is -2.15. The SMILES string of the molecule is O=CC1CCC(CCCCCC=C(F)F)CC1. The number of halogens is 2. The zero-order chi connectivity index (χ0) is 12.5. The number of aldehydes is 1. The predicted octanol–water partition coefficient (Wildman–Crippen LogP) is 4.72. The van der Waals surface area contributed by atoms with Crippen LogP contribution >= 0.6 is 0 Å². The van der Waals surface area contributed by atoms with Gasteiger partial charge in [0.2, 0.25) is 0 Å². The molecule has 0 aliphatic heterocycles. The summed E-state index contributed by atoms with van der Waals surface area (Å²) in [7, 11) is 0. The average Bonchev–Trinajstić information content (AvgIpc) is 2.34. The third kappa shape index (κ3) is 6.54. The van der Waals surface area contributed by atoms with Gasteiger partial charge in [-0.25, -0.2) is 0 Å². The van der Waals surface area contributed by atoms with E-state index in [1.165, 1.54) is 19.3 Å². The van der Waals surface area contributed by atoms with Gasteiger partial charge in [0.05, 0.1) is 0 Å². The number of hydrogen-bond donors (Lipinski definition) is 0. The van der Waals surface area contributed by atoms with Crippen molar-refractivity contribution in [2.45, 2.75) is 57.8 Å².